The number of fused-ring (bicyclic) bond motifs is 1. The van der Waals surface area contributed by atoms with Crippen LogP contribution in [0.5, 0.6) is 0 Å². The van der Waals surface area contributed by atoms with Crippen LogP contribution in [0.1, 0.15) is 28.8 Å². The molecule has 3 heterocycles. The monoisotopic (exact) mass is 499 g/mol. The molecule has 0 unspecified atom stereocenters. The van der Waals surface area contributed by atoms with E-state index >= 15 is 0 Å². The molecule has 5 rings (SSSR count). The molecule has 8 nitrogen and oxygen atoms in total. The van der Waals surface area contributed by atoms with Crippen molar-refractivity contribution in [3.05, 3.63) is 88.8 Å². The van der Waals surface area contributed by atoms with Gasteiger partial charge in [-0.05, 0) is 75.0 Å². The molecule has 3 N–H and O–H groups in total. The minimum absolute atomic E-state index is 0.131. The average molecular weight is 500 g/mol. The van der Waals surface area contributed by atoms with E-state index in [1.165, 1.54) is 16.9 Å². The highest BCUT2D eigenvalue weighted by Crippen LogP contribution is 2.28. The number of hydrogen-bond acceptors (Lipinski definition) is 7. The van der Waals surface area contributed by atoms with E-state index in [2.05, 4.69) is 62.5 Å². The van der Waals surface area contributed by atoms with Crippen LogP contribution in [-0.2, 0) is 6.54 Å². The van der Waals surface area contributed by atoms with Gasteiger partial charge >= 0.3 is 0 Å². The smallest absolute Gasteiger partial charge is 0.255 e. The number of carbonyl (C=O) groups is 1. The summed E-state index contributed by atoms with van der Waals surface area (Å²) in [4.78, 5) is 24.2. The number of pyridine rings is 1. The van der Waals surface area contributed by atoms with Gasteiger partial charge in [0.25, 0.3) is 5.91 Å². The fraction of sp³-hybridized carbons (Fsp3) is 0.222. The molecule has 3 aromatic heterocycles. The van der Waals surface area contributed by atoms with E-state index in [0.29, 0.717) is 5.56 Å². The van der Waals surface area contributed by atoms with E-state index in [9.17, 15) is 4.79 Å². The molecule has 0 fully saturated rings. The van der Waals surface area contributed by atoms with Gasteiger partial charge in [-0.2, -0.15) is 0 Å². The minimum Gasteiger partial charge on any atom is -0.390 e. The molecular weight excluding hydrogens is 470 g/mol. The van der Waals surface area contributed by atoms with Crippen molar-refractivity contribution in [3.8, 4) is 11.4 Å². The zero-order valence-electron chi connectivity index (χ0n) is 20.6. The molecule has 1 aliphatic rings. The lowest BCUT2D eigenvalue weighted by Crippen LogP contribution is -2.26. The first-order chi connectivity index (χ1) is 17.5. The van der Waals surface area contributed by atoms with Crippen molar-refractivity contribution in [1.29, 1.82) is 0 Å². The van der Waals surface area contributed by atoms with E-state index in [0.717, 1.165) is 58.6 Å². The molecule has 9 heteroatoms. The topological polar surface area (TPSA) is 86.6 Å². The molecule has 0 saturated carbocycles. The van der Waals surface area contributed by atoms with Crippen molar-refractivity contribution >= 4 is 33.7 Å². The van der Waals surface area contributed by atoms with Gasteiger partial charge in [-0.15, -0.1) is 11.3 Å². The molecule has 1 amide bonds. The lowest BCUT2D eigenvalue weighted by molar-refractivity contribution is 0.0966. The van der Waals surface area contributed by atoms with Crippen molar-refractivity contribution in [1.82, 2.24) is 29.9 Å². The standard InChI is InChI=1S/C27H29N7OS/c1-28-21-6-4-5-7-22(21)31-26(35)19-8-10-20(11-9-19)30-27-32-23(17-36-27)24-15-29-25-14-18(16-33(2)3)12-13-34(24)25/h5,7-15,17,28H,4,6,16H2,1-3H3,(H,30,32)(H,31,35). The number of benzene rings is 1. The Balaban J connectivity index is 1.26. The van der Waals surface area contributed by atoms with Crippen LogP contribution < -0.4 is 16.0 Å². The van der Waals surface area contributed by atoms with E-state index < -0.39 is 0 Å². The molecule has 184 valence electrons. The van der Waals surface area contributed by atoms with Gasteiger partial charge in [0.15, 0.2) is 5.13 Å². The van der Waals surface area contributed by atoms with Crippen LogP contribution in [0.4, 0.5) is 10.8 Å². The number of imidazole rings is 1. The average Bonchev–Trinajstić information content (AvgIpc) is 3.51. The van der Waals surface area contributed by atoms with Gasteiger partial charge in [-0.3, -0.25) is 9.20 Å². The number of hydrogen-bond donors (Lipinski definition) is 3. The highest BCUT2D eigenvalue weighted by molar-refractivity contribution is 7.14. The van der Waals surface area contributed by atoms with Crippen molar-refractivity contribution in [3.63, 3.8) is 0 Å². The second-order valence-corrected chi connectivity index (χ2v) is 9.78. The molecule has 0 spiro atoms. The summed E-state index contributed by atoms with van der Waals surface area (Å²) >= 11 is 1.53. The first-order valence-corrected chi connectivity index (χ1v) is 12.7. The molecule has 0 saturated heterocycles. The SMILES string of the molecule is CNC1=C(NC(=O)c2ccc(Nc3nc(-c4cnc5cc(CN(C)C)ccn45)cs3)cc2)C=CCC1. The highest BCUT2D eigenvalue weighted by Gasteiger charge is 2.13. The van der Waals surface area contributed by atoms with E-state index in [1.54, 1.807) is 0 Å². The Labute approximate surface area is 214 Å². The van der Waals surface area contributed by atoms with E-state index in [1.807, 2.05) is 55.2 Å². The molecular formula is C27H29N7OS. The molecule has 4 aromatic rings. The lowest BCUT2D eigenvalue weighted by Gasteiger charge is -2.16. The molecule has 1 aromatic carbocycles. The van der Waals surface area contributed by atoms with Gasteiger partial charge < -0.3 is 20.9 Å². The summed E-state index contributed by atoms with van der Waals surface area (Å²) < 4.78 is 2.06. The van der Waals surface area contributed by atoms with E-state index in [4.69, 9.17) is 4.98 Å². The number of allylic oxidation sites excluding steroid dienone is 3. The van der Waals surface area contributed by atoms with Crippen LogP contribution in [0.15, 0.2) is 77.7 Å². The number of anilines is 2. The predicted octanol–water partition coefficient (Wildman–Crippen LogP) is 4.77. The predicted molar refractivity (Wildman–Crippen MR) is 145 cm³/mol. The molecule has 0 radical (unpaired) electrons. The van der Waals surface area contributed by atoms with Crippen LogP contribution in [-0.4, -0.2) is 46.3 Å². The second kappa shape index (κ2) is 10.3. The Kier molecular flexibility index (Phi) is 6.84. The third-order valence-corrected chi connectivity index (χ3v) is 6.72. The maximum atomic E-state index is 12.7. The number of thiazole rings is 1. The molecule has 0 atom stereocenters. The van der Waals surface area contributed by atoms with Gasteiger partial charge in [0.1, 0.15) is 11.3 Å². The zero-order valence-corrected chi connectivity index (χ0v) is 21.4. The van der Waals surface area contributed by atoms with Gasteiger partial charge in [0.2, 0.25) is 0 Å². The van der Waals surface area contributed by atoms with Crippen LogP contribution in [0, 0.1) is 0 Å². The maximum Gasteiger partial charge on any atom is 0.255 e. The summed E-state index contributed by atoms with van der Waals surface area (Å²) in [6.07, 6.45) is 9.80. The van der Waals surface area contributed by atoms with Gasteiger partial charge in [-0.1, -0.05) is 6.08 Å². The maximum absolute atomic E-state index is 12.7. The Morgan fingerprint density at radius 3 is 2.81 bits per heavy atom. The van der Waals surface area contributed by atoms with Crippen molar-refractivity contribution < 1.29 is 4.79 Å². The summed E-state index contributed by atoms with van der Waals surface area (Å²) in [6, 6.07) is 11.6. The van der Waals surface area contributed by atoms with Gasteiger partial charge in [0.05, 0.1) is 17.6 Å². The van der Waals surface area contributed by atoms with Crippen molar-refractivity contribution in [2.45, 2.75) is 19.4 Å². The Bertz CT molecular complexity index is 1450. The number of carbonyl (C=O) groups excluding carboxylic acids is 1. The Hall–Kier alpha value is -3.95. The summed E-state index contributed by atoms with van der Waals surface area (Å²) in [5.41, 5.74) is 7.27. The fourth-order valence-corrected chi connectivity index (χ4v) is 4.91. The summed E-state index contributed by atoms with van der Waals surface area (Å²) in [6.45, 7) is 0.871. The number of nitrogens with zero attached hydrogens (tertiary/aromatic N) is 4. The molecule has 36 heavy (non-hydrogen) atoms. The normalized spacial score (nSPS) is 13.4. The Morgan fingerprint density at radius 1 is 1.19 bits per heavy atom. The minimum atomic E-state index is -0.131. The first-order valence-electron chi connectivity index (χ1n) is 11.8. The lowest BCUT2D eigenvalue weighted by atomic mass is 10.1. The number of nitrogens with one attached hydrogen (secondary N) is 3. The first kappa shape index (κ1) is 23.8. The molecule has 0 aliphatic heterocycles. The quantitative estimate of drug-likeness (QED) is 0.324. The third kappa shape index (κ3) is 5.17. The van der Waals surface area contributed by atoms with Crippen LogP contribution in [0.2, 0.25) is 0 Å². The number of aromatic nitrogens is 3. The number of rotatable bonds is 8. The van der Waals surface area contributed by atoms with Crippen LogP contribution in [0.25, 0.3) is 17.0 Å². The third-order valence-electron chi connectivity index (χ3n) is 5.96. The van der Waals surface area contributed by atoms with Crippen LogP contribution >= 0.6 is 11.3 Å². The zero-order chi connectivity index (χ0) is 25.1. The molecule has 0 bridgehead atoms. The van der Waals surface area contributed by atoms with Crippen LogP contribution in [0.3, 0.4) is 0 Å². The molecule has 1 aliphatic carbocycles. The second-order valence-electron chi connectivity index (χ2n) is 8.92. The van der Waals surface area contributed by atoms with E-state index in [-0.39, 0.29) is 5.91 Å². The number of amides is 1. The summed E-state index contributed by atoms with van der Waals surface area (Å²) in [5.74, 6) is -0.131. The van der Waals surface area contributed by atoms with Crippen molar-refractivity contribution in [2.24, 2.45) is 0 Å². The van der Waals surface area contributed by atoms with Crippen molar-refractivity contribution in [2.75, 3.05) is 26.5 Å². The fourth-order valence-electron chi connectivity index (χ4n) is 4.19. The van der Waals surface area contributed by atoms with Gasteiger partial charge in [0, 0.05) is 42.1 Å². The summed E-state index contributed by atoms with van der Waals surface area (Å²) in [7, 11) is 5.99. The largest absolute Gasteiger partial charge is 0.390 e. The Morgan fingerprint density at radius 2 is 2.03 bits per heavy atom. The highest BCUT2D eigenvalue weighted by atomic mass is 32.1. The van der Waals surface area contributed by atoms with Gasteiger partial charge in [-0.25, -0.2) is 9.97 Å². The summed E-state index contributed by atoms with van der Waals surface area (Å²) in [5, 5.41) is 12.3.